The van der Waals surface area contributed by atoms with Gasteiger partial charge in [0, 0.05) is 11.5 Å². The van der Waals surface area contributed by atoms with Crippen LogP contribution in [-0.2, 0) is 15.5 Å². The summed E-state index contributed by atoms with van der Waals surface area (Å²) in [7, 11) is -1.38. The van der Waals surface area contributed by atoms with Crippen molar-refractivity contribution in [1.29, 1.82) is 0 Å². The first kappa shape index (κ1) is 17.5. The molecular weight excluding hydrogens is 316 g/mol. The lowest BCUT2D eigenvalue weighted by Gasteiger charge is -2.32. The van der Waals surface area contributed by atoms with Crippen LogP contribution in [0.3, 0.4) is 0 Å². The number of nitro benzene ring substituents is 1. The van der Waals surface area contributed by atoms with Gasteiger partial charge in [-0.2, -0.15) is 13.2 Å². The van der Waals surface area contributed by atoms with Crippen molar-refractivity contribution in [3.8, 4) is 0 Å². The van der Waals surface area contributed by atoms with E-state index in [0.717, 1.165) is 6.07 Å². The number of nitrogens with zero attached hydrogens (tertiary/aromatic N) is 1. The molecule has 1 saturated heterocycles. The van der Waals surface area contributed by atoms with E-state index in [1.54, 1.807) is 27.7 Å². The van der Waals surface area contributed by atoms with Crippen molar-refractivity contribution < 1.29 is 27.4 Å². The average Bonchev–Trinajstić information content (AvgIpc) is 2.56. The Morgan fingerprint density at radius 3 is 2.04 bits per heavy atom. The molecule has 1 heterocycles. The minimum absolute atomic E-state index is 0.461. The zero-order chi connectivity index (χ0) is 17.8. The van der Waals surface area contributed by atoms with E-state index in [4.69, 9.17) is 15.0 Å². The Kier molecular flexibility index (Phi) is 3.89. The minimum Gasteiger partial charge on any atom is -0.399 e. The van der Waals surface area contributed by atoms with Crippen LogP contribution in [0.1, 0.15) is 33.3 Å². The van der Waals surface area contributed by atoms with Crippen molar-refractivity contribution in [1.82, 2.24) is 0 Å². The standard InChI is InChI=1S/C13H16BF3N2O4/c1-11(2)12(3,4)23-14(22-11)8-6-10(19(20)21)9(18)5-7(8)13(15,16)17/h5-6H,18H2,1-4H3. The Hall–Kier alpha value is -1.81. The van der Waals surface area contributed by atoms with Crippen LogP contribution in [0.5, 0.6) is 0 Å². The molecule has 1 aromatic rings. The number of hydrogen-bond donors (Lipinski definition) is 1. The van der Waals surface area contributed by atoms with E-state index in [1.807, 2.05) is 0 Å². The quantitative estimate of drug-likeness (QED) is 0.389. The SMILES string of the molecule is CC1(C)OB(c2cc([N+](=O)[O-])c(N)cc2C(F)(F)F)OC1(C)C. The van der Waals surface area contributed by atoms with E-state index in [9.17, 15) is 23.3 Å². The van der Waals surface area contributed by atoms with Gasteiger partial charge in [0.1, 0.15) is 5.69 Å². The molecule has 6 nitrogen and oxygen atoms in total. The summed E-state index contributed by atoms with van der Waals surface area (Å²) in [5.74, 6) is 0. The molecule has 126 valence electrons. The first-order valence-electron chi connectivity index (χ1n) is 6.77. The van der Waals surface area contributed by atoms with E-state index in [2.05, 4.69) is 0 Å². The van der Waals surface area contributed by atoms with Crippen LogP contribution in [0.25, 0.3) is 0 Å². The fourth-order valence-corrected chi connectivity index (χ4v) is 2.19. The van der Waals surface area contributed by atoms with Crippen molar-refractivity contribution >= 4 is 24.0 Å². The van der Waals surface area contributed by atoms with Gasteiger partial charge in [0.25, 0.3) is 5.69 Å². The summed E-state index contributed by atoms with van der Waals surface area (Å²) in [6.45, 7) is 6.69. The van der Waals surface area contributed by atoms with Crippen LogP contribution in [0.2, 0.25) is 0 Å². The molecule has 0 aromatic heterocycles. The molecule has 1 aliphatic rings. The highest BCUT2D eigenvalue weighted by Gasteiger charge is 2.54. The number of rotatable bonds is 2. The predicted molar refractivity (Wildman–Crippen MR) is 78.2 cm³/mol. The maximum atomic E-state index is 13.3. The Morgan fingerprint density at radius 1 is 1.17 bits per heavy atom. The van der Waals surface area contributed by atoms with Gasteiger partial charge in [0.2, 0.25) is 0 Å². The van der Waals surface area contributed by atoms with Crippen LogP contribution < -0.4 is 11.2 Å². The molecular formula is C13H16BF3N2O4. The van der Waals surface area contributed by atoms with Crippen LogP contribution in [0.4, 0.5) is 24.5 Å². The van der Waals surface area contributed by atoms with Gasteiger partial charge in [-0.05, 0) is 33.8 Å². The summed E-state index contributed by atoms with van der Waals surface area (Å²) >= 11 is 0. The lowest BCUT2D eigenvalue weighted by atomic mass is 9.75. The zero-order valence-electron chi connectivity index (χ0n) is 13.0. The molecule has 0 saturated carbocycles. The molecule has 0 amide bonds. The van der Waals surface area contributed by atoms with E-state index in [0.29, 0.717) is 6.07 Å². The summed E-state index contributed by atoms with van der Waals surface area (Å²) in [5.41, 5.74) is 0.851. The summed E-state index contributed by atoms with van der Waals surface area (Å²) in [4.78, 5) is 10.1. The first-order chi connectivity index (χ1) is 10.3. The monoisotopic (exact) mass is 332 g/mol. The van der Waals surface area contributed by atoms with Crippen molar-refractivity contribution in [2.24, 2.45) is 0 Å². The molecule has 23 heavy (non-hydrogen) atoms. The number of halogens is 3. The second-order valence-corrected chi connectivity index (χ2v) is 6.34. The van der Waals surface area contributed by atoms with Gasteiger partial charge < -0.3 is 15.0 Å². The van der Waals surface area contributed by atoms with E-state index in [-0.39, 0.29) is 0 Å². The highest BCUT2D eigenvalue weighted by molar-refractivity contribution is 6.62. The Bertz CT molecular complexity index is 645. The molecule has 0 spiro atoms. The average molecular weight is 332 g/mol. The van der Waals surface area contributed by atoms with Crippen LogP contribution in [0, 0.1) is 10.1 Å². The maximum Gasteiger partial charge on any atom is 0.495 e. The van der Waals surface area contributed by atoms with Crippen molar-refractivity contribution in [2.45, 2.75) is 45.1 Å². The fraction of sp³-hybridized carbons (Fsp3) is 0.538. The molecule has 1 aromatic carbocycles. The first-order valence-corrected chi connectivity index (χ1v) is 6.77. The third-order valence-corrected chi connectivity index (χ3v) is 4.21. The number of nitro groups is 1. The number of nitrogens with two attached hydrogens (primary N) is 1. The zero-order valence-corrected chi connectivity index (χ0v) is 13.0. The van der Waals surface area contributed by atoms with Crippen molar-refractivity contribution in [2.75, 3.05) is 5.73 Å². The molecule has 2 N–H and O–H groups in total. The van der Waals surface area contributed by atoms with Gasteiger partial charge in [-0.1, -0.05) is 0 Å². The van der Waals surface area contributed by atoms with Gasteiger partial charge in [0.05, 0.1) is 21.7 Å². The number of hydrogen-bond acceptors (Lipinski definition) is 5. The Morgan fingerprint density at radius 2 is 1.65 bits per heavy atom. The van der Waals surface area contributed by atoms with Gasteiger partial charge >= 0.3 is 13.3 Å². The van der Waals surface area contributed by atoms with Crippen LogP contribution in [-0.4, -0.2) is 23.2 Å². The predicted octanol–water partition coefficient (Wildman–Crippen LogP) is 2.50. The van der Waals surface area contributed by atoms with Gasteiger partial charge in [-0.25, -0.2) is 0 Å². The van der Waals surface area contributed by atoms with Crippen LogP contribution in [0.15, 0.2) is 12.1 Å². The van der Waals surface area contributed by atoms with E-state index < -0.39 is 51.8 Å². The van der Waals surface area contributed by atoms with Crippen LogP contribution >= 0.6 is 0 Å². The number of anilines is 1. The molecule has 1 fully saturated rings. The normalized spacial score (nSPS) is 19.9. The highest BCUT2D eigenvalue weighted by Crippen LogP contribution is 2.39. The summed E-state index contributed by atoms with van der Waals surface area (Å²) in [6, 6.07) is 1.30. The highest BCUT2D eigenvalue weighted by atomic mass is 19.4. The Balaban J connectivity index is 2.61. The molecule has 2 rings (SSSR count). The molecule has 0 atom stereocenters. The second kappa shape index (κ2) is 5.10. The summed E-state index contributed by atoms with van der Waals surface area (Å²) in [6.07, 6.45) is -4.75. The lowest BCUT2D eigenvalue weighted by Crippen LogP contribution is -2.41. The topological polar surface area (TPSA) is 87.6 Å². The van der Waals surface area contributed by atoms with E-state index >= 15 is 0 Å². The molecule has 0 aliphatic carbocycles. The van der Waals surface area contributed by atoms with Crippen molar-refractivity contribution in [3.63, 3.8) is 0 Å². The summed E-state index contributed by atoms with van der Waals surface area (Å²) in [5, 5.41) is 11.0. The third kappa shape index (κ3) is 3.00. The molecule has 0 radical (unpaired) electrons. The van der Waals surface area contributed by atoms with Gasteiger partial charge in [-0.15, -0.1) is 0 Å². The van der Waals surface area contributed by atoms with E-state index in [1.165, 1.54) is 0 Å². The smallest absolute Gasteiger partial charge is 0.399 e. The molecule has 0 bridgehead atoms. The van der Waals surface area contributed by atoms with Gasteiger partial charge in [0.15, 0.2) is 0 Å². The fourth-order valence-electron chi connectivity index (χ4n) is 2.19. The lowest BCUT2D eigenvalue weighted by molar-refractivity contribution is -0.383. The largest absolute Gasteiger partial charge is 0.495 e. The maximum absolute atomic E-state index is 13.3. The number of nitrogen functional groups attached to an aromatic ring is 1. The second-order valence-electron chi connectivity index (χ2n) is 6.34. The Labute approximate surface area is 131 Å². The molecule has 0 unspecified atom stereocenters. The third-order valence-electron chi connectivity index (χ3n) is 4.21. The van der Waals surface area contributed by atoms with Crippen molar-refractivity contribution in [3.05, 3.63) is 27.8 Å². The molecule has 1 aliphatic heterocycles. The minimum atomic E-state index is -4.75. The molecule has 10 heteroatoms. The number of alkyl halides is 3. The summed E-state index contributed by atoms with van der Waals surface area (Å²) < 4.78 is 50.9. The van der Waals surface area contributed by atoms with Gasteiger partial charge in [-0.3, -0.25) is 10.1 Å². The number of benzene rings is 1.